The van der Waals surface area contributed by atoms with Crippen LogP contribution in [0.5, 0.6) is 5.75 Å². The summed E-state index contributed by atoms with van der Waals surface area (Å²) in [5.74, 6) is -0.396. The fraction of sp³-hybridized carbons (Fsp3) is 0.111. The minimum Gasteiger partial charge on any atom is -0.497 e. The van der Waals surface area contributed by atoms with Gasteiger partial charge in [0.15, 0.2) is 0 Å². The van der Waals surface area contributed by atoms with Crippen LogP contribution in [-0.2, 0) is 9.59 Å². The number of hydrogen-bond donors (Lipinski definition) is 1. The zero-order chi connectivity index (χ0) is 17.3. The van der Waals surface area contributed by atoms with Crippen molar-refractivity contribution in [1.29, 1.82) is 0 Å². The lowest BCUT2D eigenvalue weighted by Gasteiger charge is -2.17. The van der Waals surface area contributed by atoms with Gasteiger partial charge >= 0.3 is 0 Å². The summed E-state index contributed by atoms with van der Waals surface area (Å²) in [7, 11) is 1.55. The van der Waals surface area contributed by atoms with Gasteiger partial charge in [-0.1, -0.05) is 35.9 Å². The topological polar surface area (TPSA) is 58.6 Å². The van der Waals surface area contributed by atoms with E-state index in [9.17, 15) is 9.59 Å². The van der Waals surface area contributed by atoms with Gasteiger partial charge in [0.05, 0.1) is 12.8 Å². The normalized spacial score (nSPS) is 14.4. The molecular weight excluding hydrogens is 328 g/mol. The lowest BCUT2D eigenvalue weighted by molar-refractivity contribution is -0.120. The highest BCUT2D eigenvalue weighted by molar-refractivity contribution is 6.53. The van der Waals surface area contributed by atoms with Crippen LogP contribution in [0.3, 0.4) is 0 Å². The number of carbonyl (C=O) groups excluding carboxylic acids is 2. The second kappa shape index (κ2) is 6.37. The van der Waals surface area contributed by atoms with Gasteiger partial charge in [-0.2, -0.15) is 0 Å². The second-order valence-electron chi connectivity index (χ2n) is 5.28. The highest BCUT2D eigenvalue weighted by Crippen LogP contribution is 2.32. The maximum atomic E-state index is 12.7. The molecule has 0 atom stereocenters. The van der Waals surface area contributed by atoms with E-state index in [-0.39, 0.29) is 10.7 Å². The molecule has 0 spiro atoms. The number of hydrogen-bond acceptors (Lipinski definition) is 4. The fourth-order valence-electron chi connectivity index (χ4n) is 2.49. The first-order valence-electron chi connectivity index (χ1n) is 7.28. The van der Waals surface area contributed by atoms with Gasteiger partial charge in [0.2, 0.25) is 0 Å². The number of imide groups is 1. The summed E-state index contributed by atoms with van der Waals surface area (Å²) in [6.07, 6.45) is 0. The van der Waals surface area contributed by atoms with E-state index in [4.69, 9.17) is 16.3 Å². The number of anilines is 2. The third kappa shape index (κ3) is 2.74. The highest BCUT2D eigenvalue weighted by Gasteiger charge is 2.39. The zero-order valence-corrected chi connectivity index (χ0v) is 13.9. The molecule has 5 nitrogen and oxygen atoms in total. The SMILES string of the molecule is COc1cccc(NC2=C(Cl)C(=O)N(c3ccccc3C)C2=O)c1. The molecule has 6 heteroatoms. The molecule has 122 valence electrons. The lowest BCUT2D eigenvalue weighted by Crippen LogP contribution is -2.32. The van der Waals surface area contributed by atoms with Gasteiger partial charge in [0.25, 0.3) is 11.8 Å². The van der Waals surface area contributed by atoms with Gasteiger partial charge in [0.1, 0.15) is 16.5 Å². The molecule has 0 aromatic heterocycles. The molecule has 2 aromatic carbocycles. The van der Waals surface area contributed by atoms with Crippen LogP contribution in [0.1, 0.15) is 5.56 Å². The number of rotatable bonds is 4. The average Bonchev–Trinajstić information content (AvgIpc) is 2.79. The van der Waals surface area contributed by atoms with Crippen molar-refractivity contribution < 1.29 is 14.3 Å². The van der Waals surface area contributed by atoms with Gasteiger partial charge in [-0.3, -0.25) is 9.59 Å². The molecule has 0 saturated carbocycles. The van der Waals surface area contributed by atoms with E-state index in [1.54, 1.807) is 43.5 Å². The summed E-state index contributed by atoms with van der Waals surface area (Å²) < 4.78 is 5.15. The van der Waals surface area contributed by atoms with Crippen LogP contribution in [0.2, 0.25) is 0 Å². The summed E-state index contributed by atoms with van der Waals surface area (Å²) >= 11 is 6.12. The van der Waals surface area contributed by atoms with Crippen LogP contribution >= 0.6 is 11.6 Å². The first-order valence-corrected chi connectivity index (χ1v) is 7.66. The van der Waals surface area contributed by atoms with Crippen molar-refractivity contribution in [3.8, 4) is 5.75 Å². The summed E-state index contributed by atoms with van der Waals surface area (Å²) in [6.45, 7) is 1.83. The molecule has 0 fully saturated rings. The van der Waals surface area contributed by atoms with E-state index in [0.29, 0.717) is 17.1 Å². The molecule has 1 N–H and O–H groups in total. The van der Waals surface area contributed by atoms with Crippen molar-refractivity contribution in [1.82, 2.24) is 0 Å². The number of ether oxygens (including phenoxy) is 1. The van der Waals surface area contributed by atoms with Crippen molar-refractivity contribution in [2.75, 3.05) is 17.3 Å². The Balaban J connectivity index is 1.93. The standard InChI is InChI=1S/C18H15ClN2O3/c1-11-6-3-4-9-14(11)21-17(22)15(19)16(18(21)23)20-12-7-5-8-13(10-12)24-2/h3-10,20H,1-2H3. The van der Waals surface area contributed by atoms with Crippen molar-refractivity contribution >= 4 is 34.8 Å². The molecule has 2 aromatic rings. The van der Waals surface area contributed by atoms with Crippen LogP contribution in [0.25, 0.3) is 0 Å². The molecule has 24 heavy (non-hydrogen) atoms. The number of aryl methyl sites for hydroxylation is 1. The number of nitrogens with zero attached hydrogens (tertiary/aromatic N) is 1. The predicted molar refractivity (Wildman–Crippen MR) is 93.2 cm³/mol. The number of para-hydroxylation sites is 1. The fourth-order valence-corrected chi connectivity index (χ4v) is 2.70. The van der Waals surface area contributed by atoms with Crippen molar-refractivity contribution in [3.63, 3.8) is 0 Å². The molecule has 1 aliphatic rings. The molecule has 0 saturated heterocycles. The Morgan fingerprint density at radius 3 is 2.50 bits per heavy atom. The molecule has 1 heterocycles. The number of amides is 2. The van der Waals surface area contributed by atoms with Gasteiger partial charge < -0.3 is 10.1 Å². The Morgan fingerprint density at radius 1 is 1.04 bits per heavy atom. The quantitative estimate of drug-likeness (QED) is 0.865. The summed E-state index contributed by atoms with van der Waals surface area (Å²) in [4.78, 5) is 26.2. The largest absolute Gasteiger partial charge is 0.497 e. The van der Waals surface area contributed by atoms with Crippen LogP contribution in [0.4, 0.5) is 11.4 Å². The molecule has 3 rings (SSSR count). The van der Waals surface area contributed by atoms with Crippen molar-refractivity contribution in [2.45, 2.75) is 6.92 Å². The first-order chi connectivity index (χ1) is 11.5. The Morgan fingerprint density at radius 2 is 1.79 bits per heavy atom. The van der Waals surface area contributed by atoms with Crippen molar-refractivity contribution in [3.05, 3.63) is 64.8 Å². The Bertz CT molecular complexity index is 861. The van der Waals surface area contributed by atoms with E-state index in [0.717, 1.165) is 10.5 Å². The predicted octanol–water partition coefficient (Wildman–Crippen LogP) is 3.44. The van der Waals surface area contributed by atoms with E-state index >= 15 is 0 Å². The number of nitrogens with one attached hydrogen (secondary N) is 1. The maximum absolute atomic E-state index is 12.7. The third-order valence-corrected chi connectivity index (χ3v) is 4.07. The summed E-state index contributed by atoms with van der Waals surface area (Å²) in [5.41, 5.74) is 1.99. The average molecular weight is 343 g/mol. The van der Waals surface area contributed by atoms with E-state index in [1.807, 2.05) is 19.1 Å². The molecule has 0 bridgehead atoms. The maximum Gasteiger partial charge on any atom is 0.283 e. The molecule has 2 amide bonds. The molecule has 0 radical (unpaired) electrons. The second-order valence-corrected chi connectivity index (χ2v) is 5.66. The highest BCUT2D eigenvalue weighted by atomic mass is 35.5. The van der Waals surface area contributed by atoms with E-state index in [1.165, 1.54) is 0 Å². The van der Waals surface area contributed by atoms with Crippen LogP contribution in [0, 0.1) is 6.92 Å². The van der Waals surface area contributed by atoms with E-state index < -0.39 is 11.8 Å². The molecule has 1 aliphatic heterocycles. The molecular formula is C18H15ClN2O3. The molecule has 0 aliphatic carbocycles. The lowest BCUT2D eigenvalue weighted by atomic mass is 10.2. The minimum atomic E-state index is -0.540. The summed E-state index contributed by atoms with van der Waals surface area (Å²) in [6, 6.07) is 14.2. The Labute approximate surface area is 144 Å². The van der Waals surface area contributed by atoms with Crippen molar-refractivity contribution in [2.24, 2.45) is 0 Å². The third-order valence-electron chi connectivity index (χ3n) is 3.72. The van der Waals surface area contributed by atoms with E-state index in [2.05, 4.69) is 5.32 Å². The Hall–Kier alpha value is -2.79. The number of halogens is 1. The monoisotopic (exact) mass is 342 g/mol. The molecule has 0 unspecified atom stereocenters. The van der Waals surface area contributed by atoms with Gasteiger partial charge in [-0.05, 0) is 30.7 Å². The number of carbonyl (C=O) groups is 2. The van der Waals surface area contributed by atoms with Crippen LogP contribution in [0.15, 0.2) is 59.3 Å². The zero-order valence-electron chi connectivity index (χ0n) is 13.2. The Kier molecular flexibility index (Phi) is 4.27. The van der Waals surface area contributed by atoms with Gasteiger partial charge in [0, 0.05) is 11.8 Å². The first kappa shape index (κ1) is 16.1. The summed E-state index contributed by atoms with van der Waals surface area (Å²) in [5, 5.41) is 2.79. The minimum absolute atomic E-state index is 0.0539. The number of benzene rings is 2. The van der Waals surface area contributed by atoms with Gasteiger partial charge in [-0.15, -0.1) is 0 Å². The number of methoxy groups -OCH3 is 1. The van der Waals surface area contributed by atoms with Gasteiger partial charge in [-0.25, -0.2) is 4.90 Å². The smallest absolute Gasteiger partial charge is 0.283 e. The van der Waals surface area contributed by atoms with Crippen LogP contribution in [-0.4, -0.2) is 18.9 Å². The van der Waals surface area contributed by atoms with Crippen LogP contribution < -0.4 is 15.0 Å².